The Morgan fingerprint density at radius 1 is 1.17 bits per heavy atom. The molecule has 3 rings (SSSR count). The summed E-state index contributed by atoms with van der Waals surface area (Å²) in [6.45, 7) is 0. The largest absolute Gasteiger partial charge is 0.331 e. The van der Waals surface area contributed by atoms with E-state index >= 15 is 0 Å². The molecule has 5 heteroatoms. The lowest BCUT2D eigenvalue weighted by Gasteiger charge is -2.01. The minimum absolute atomic E-state index is 0.716. The predicted molar refractivity (Wildman–Crippen MR) is 87.1 cm³/mol. The maximum Gasteiger partial charge on any atom is 0.188 e. The highest BCUT2D eigenvalue weighted by Crippen LogP contribution is 2.30. The van der Waals surface area contributed by atoms with Gasteiger partial charge in [0.1, 0.15) is 0 Å². The normalized spacial score (nSPS) is 10.8. The lowest BCUT2D eigenvalue weighted by Crippen LogP contribution is -1.88. The number of nitrogens with one attached hydrogen (secondary N) is 1. The van der Waals surface area contributed by atoms with Gasteiger partial charge in [0.15, 0.2) is 5.13 Å². The van der Waals surface area contributed by atoms with Gasteiger partial charge in [0.05, 0.1) is 10.2 Å². The zero-order valence-corrected chi connectivity index (χ0v) is 12.9. The van der Waals surface area contributed by atoms with Crippen molar-refractivity contribution in [1.29, 1.82) is 0 Å². The molecular formula is C13H8ClIN2S. The van der Waals surface area contributed by atoms with Gasteiger partial charge in [-0.1, -0.05) is 29.0 Å². The van der Waals surface area contributed by atoms with Crippen molar-refractivity contribution < 1.29 is 0 Å². The Morgan fingerprint density at radius 2 is 2.06 bits per heavy atom. The van der Waals surface area contributed by atoms with E-state index in [2.05, 4.69) is 45.0 Å². The number of rotatable bonds is 2. The SMILES string of the molecule is Clc1ccc2sc(Nc3cccc(I)c3)nc2c1. The van der Waals surface area contributed by atoms with E-state index in [0.29, 0.717) is 5.02 Å². The van der Waals surface area contributed by atoms with E-state index in [1.54, 1.807) is 11.3 Å². The van der Waals surface area contributed by atoms with E-state index in [4.69, 9.17) is 11.6 Å². The molecule has 0 bridgehead atoms. The number of fused-ring (bicyclic) bond motifs is 1. The fraction of sp³-hybridized carbons (Fsp3) is 0. The van der Waals surface area contributed by atoms with Gasteiger partial charge in [-0.3, -0.25) is 0 Å². The van der Waals surface area contributed by atoms with Gasteiger partial charge in [0.25, 0.3) is 0 Å². The van der Waals surface area contributed by atoms with Crippen LogP contribution in [0.15, 0.2) is 42.5 Å². The van der Waals surface area contributed by atoms with Gasteiger partial charge in [-0.25, -0.2) is 4.98 Å². The molecule has 0 saturated carbocycles. The van der Waals surface area contributed by atoms with Crippen molar-refractivity contribution in [3.05, 3.63) is 51.1 Å². The topological polar surface area (TPSA) is 24.9 Å². The molecule has 1 heterocycles. The molecule has 0 amide bonds. The van der Waals surface area contributed by atoms with Gasteiger partial charge in [-0.05, 0) is 59.0 Å². The van der Waals surface area contributed by atoms with Gasteiger partial charge >= 0.3 is 0 Å². The zero-order chi connectivity index (χ0) is 12.5. The van der Waals surface area contributed by atoms with Crippen LogP contribution in [0.3, 0.4) is 0 Å². The van der Waals surface area contributed by atoms with Crippen LogP contribution in [-0.2, 0) is 0 Å². The summed E-state index contributed by atoms with van der Waals surface area (Å²) in [5.74, 6) is 0. The van der Waals surface area contributed by atoms with Crippen LogP contribution in [0.1, 0.15) is 0 Å². The molecular weight excluding hydrogens is 379 g/mol. The van der Waals surface area contributed by atoms with Crippen LogP contribution in [0.2, 0.25) is 5.02 Å². The average Bonchev–Trinajstić information content (AvgIpc) is 2.70. The number of nitrogens with zero attached hydrogens (tertiary/aromatic N) is 1. The number of aromatic nitrogens is 1. The van der Waals surface area contributed by atoms with Crippen LogP contribution < -0.4 is 5.32 Å². The fourth-order valence-electron chi connectivity index (χ4n) is 1.64. The quantitative estimate of drug-likeness (QED) is 0.605. The van der Waals surface area contributed by atoms with Crippen LogP contribution >= 0.6 is 45.5 Å². The Morgan fingerprint density at radius 3 is 2.89 bits per heavy atom. The third-order valence-electron chi connectivity index (χ3n) is 2.43. The molecule has 1 N–H and O–H groups in total. The molecule has 0 aliphatic rings. The molecule has 90 valence electrons. The van der Waals surface area contributed by atoms with Crippen molar-refractivity contribution in [2.75, 3.05) is 5.32 Å². The van der Waals surface area contributed by atoms with Crippen LogP contribution in [0, 0.1) is 3.57 Å². The Hall–Kier alpha value is -0.850. The highest BCUT2D eigenvalue weighted by atomic mass is 127. The standard InChI is InChI=1S/C13H8ClIN2S/c14-8-4-5-12-11(6-8)17-13(18-12)16-10-3-1-2-9(15)7-10/h1-7H,(H,16,17). The van der Waals surface area contributed by atoms with Gasteiger partial charge < -0.3 is 5.32 Å². The van der Waals surface area contributed by atoms with E-state index in [1.165, 1.54) is 3.57 Å². The van der Waals surface area contributed by atoms with Crippen molar-refractivity contribution in [3.8, 4) is 0 Å². The van der Waals surface area contributed by atoms with E-state index in [1.807, 2.05) is 30.3 Å². The number of anilines is 2. The number of thiazole rings is 1. The minimum Gasteiger partial charge on any atom is -0.331 e. The maximum absolute atomic E-state index is 5.95. The molecule has 2 nitrogen and oxygen atoms in total. The van der Waals surface area contributed by atoms with E-state index in [-0.39, 0.29) is 0 Å². The summed E-state index contributed by atoms with van der Waals surface area (Å²) in [4.78, 5) is 4.52. The second-order valence-corrected chi connectivity index (χ2v) is 6.48. The maximum atomic E-state index is 5.95. The summed E-state index contributed by atoms with van der Waals surface area (Å²) in [5, 5.41) is 4.91. The van der Waals surface area contributed by atoms with Gasteiger partial charge in [0, 0.05) is 14.3 Å². The first-order valence-electron chi connectivity index (χ1n) is 5.29. The molecule has 0 atom stereocenters. The molecule has 0 unspecified atom stereocenters. The molecule has 0 spiro atoms. The second-order valence-electron chi connectivity index (χ2n) is 3.77. The molecule has 0 radical (unpaired) electrons. The Balaban J connectivity index is 1.95. The van der Waals surface area contributed by atoms with E-state index < -0.39 is 0 Å². The van der Waals surface area contributed by atoms with Gasteiger partial charge in [-0.15, -0.1) is 0 Å². The first kappa shape index (κ1) is 12.2. The monoisotopic (exact) mass is 386 g/mol. The van der Waals surface area contributed by atoms with Crippen molar-refractivity contribution in [1.82, 2.24) is 4.98 Å². The van der Waals surface area contributed by atoms with Gasteiger partial charge in [0.2, 0.25) is 0 Å². The molecule has 1 aromatic heterocycles. The van der Waals surface area contributed by atoms with Crippen LogP contribution in [0.4, 0.5) is 10.8 Å². The van der Waals surface area contributed by atoms with Crippen molar-refractivity contribution in [3.63, 3.8) is 0 Å². The number of hydrogen-bond acceptors (Lipinski definition) is 3. The first-order valence-corrected chi connectivity index (χ1v) is 7.57. The molecule has 0 saturated heterocycles. The second kappa shape index (κ2) is 5.03. The lowest BCUT2D eigenvalue weighted by molar-refractivity contribution is 1.44. The molecule has 0 aliphatic heterocycles. The molecule has 0 fully saturated rings. The summed E-state index contributed by atoms with van der Waals surface area (Å²) < 4.78 is 2.33. The zero-order valence-electron chi connectivity index (χ0n) is 9.15. The van der Waals surface area contributed by atoms with E-state index in [0.717, 1.165) is 21.0 Å². The Labute approximate surface area is 127 Å². The van der Waals surface area contributed by atoms with Crippen LogP contribution in [-0.4, -0.2) is 4.98 Å². The Kier molecular flexibility index (Phi) is 3.41. The van der Waals surface area contributed by atoms with Crippen LogP contribution in [0.5, 0.6) is 0 Å². The average molecular weight is 387 g/mol. The molecule has 0 aliphatic carbocycles. The molecule has 3 aromatic rings. The van der Waals surface area contributed by atoms with Crippen LogP contribution in [0.25, 0.3) is 10.2 Å². The summed E-state index contributed by atoms with van der Waals surface area (Å²) in [5.41, 5.74) is 1.98. The molecule has 18 heavy (non-hydrogen) atoms. The third kappa shape index (κ3) is 2.60. The minimum atomic E-state index is 0.716. The van der Waals surface area contributed by atoms with Crippen molar-refractivity contribution in [2.45, 2.75) is 0 Å². The number of hydrogen-bond donors (Lipinski definition) is 1. The van der Waals surface area contributed by atoms with Gasteiger partial charge in [-0.2, -0.15) is 0 Å². The lowest BCUT2D eigenvalue weighted by atomic mass is 10.3. The smallest absolute Gasteiger partial charge is 0.188 e. The summed E-state index contributed by atoms with van der Waals surface area (Å²) in [7, 11) is 0. The predicted octanol–water partition coefficient (Wildman–Crippen LogP) is 5.30. The van der Waals surface area contributed by atoms with Crippen molar-refractivity contribution >= 4 is 66.6 Å². The third-order valence-corrected chi connectivity index (χ3v) is 4.28. The number of benzene rings is 2. The fourth-order valence-corrected chi connectivity index (χ4v) is 3.22. The number of halogens is 2. The highest BCUT2D eigenvalue weighted by molar-refractivity contribution is 14.1. The summed E-state index contributed by atoms with van der Waals surface area (Å²) in [6.07, 6.45) is 0. The summed E-state index contributed by atoms with van der Waals surface area (Å²) >= 11 is 9.87. The van der Waals surface area contributed by atoms with E-state index in [9.17, 15) is 0 Å². The summed E-state index contributed by atoms with van der Waals surface area (Å²) in [6, 6.07) is 14.0. The Bertz CT molecular complexity index is 711. The van der Waals surface area contributed by atoms with Crippen molar-refractivity contribution in [2.24, 2.45) is 0 Å². The highest BCUT2D eigenvalue weighted by Gasteiger charge is 2.04. The molecule has 2 aromatic carbocycles. The first-order chi connectivity index (χ1) is 8.70.